The average Bonchev–Trinajstić information content (AvgIpc) is 2.83. The summed E-state index contributed by atoms with van der Waals surface area (Å²) in [5.41, 5.74) is 0.990. The smallest absolute Gasteiger partial charge is 0.323 e. The van der Waals surface area contributed by atoms with E-state index in [9.17, 15) is 14.7 Å². The number of carboxylic acids is 1. The Bertz CT molecular complexity index is 460. The number of hydrogen-bond acceptors (Lipinski definition) is 4. The van der Waals surface area contributed by atoms with Gasteiger partial charge in [-0.25, -0.2) is 0 Å². The first kappa shape index (κ1) is 13.5. The average molecular weight is 263 g/mol. The maximum atomic E-state index is 11.7. The quantitative estimate of drug-likeness (QED) is 0.829. The maximum absolute atomic E-state index is 11.7. The van der Waals surface area contributed by atoms with Crippen LogP contribution in [0.4, 0.5) is 0 Å². The van der Waals surface area contributed by atoms with Gasteiger partial charge in [0, 0.05) is 6.54 Å². The highest BCUT2D eigenvalue weighted by atomic mass is 16.5. The second-order valence-electron chi connectivity index (χ2n) is 4.63. The summed E-state index contributed by atoms with van der Waals surface area (Å²) in [5, 5.41) is 9.24. The lowest BCUT2D eigenvalue weighted by Crippen LogP contribution is -2.44. The van der Waals surface area contributed by atoms with Gasteiger partial charge in [0.2, 0.25) is 0 Å². The first-order chi connectivity index (χ1) is 9.13. The van der Waals surface area contributed by atoms with E-state index in [0.29, 0.717) is 19.4 Å². The Kier molecular flexibility index (Phi) is 4.16. The molecule has 102 valence electrons. The molecule has 1 N–H and O–H groups in total. The van der Waals surface area contributed by atoms with Gasteiger partial charge in [0.05, 0.1) is 7.11 Å². The first-order valence-electron chi connectivity index (χ1n) is 6.23. The van der Waals surface area contributed by atoms with Crippen molar-refractivity contribution in [2.24, 2.45) is 0 Å². The fraction of sp³-hybridized carbons (Fsp3) is 0.429. The molecule has 0 aromatic heterocycles. The van der Waals surface area contributed by atoms with E-state index >= 15 is 0 Å². The summed E-state index contributed by atoms with van der Waals surface area (Å²) in [6.07, 6.45) is 0.998. The minimum atomic E-state index is -0.887. The van der Waals surface area contributed by atoms with Gasteiger partial charge in [-0.05, 0) is 18.4 Å². The van der Waals surface area contributed by atoms with Crippen molar-refractivity contribution in [3.63, 3.8) is 0 Å². The molecule has 0 unspecified atom stereocenters. The molecule has 0 spiro atoms. The van der Waals surface area contributed by atoms with E-state index in [-0.39, 0.29) is 5.97 Å². The Morgan fingerprint density at radius 2 is 1.89 bits per heavy atom. The number of carbonyl (C=O) groups is 2. The highest BCUT2D eigenvalue weighted by molar-refractivity contribution is 5.80. The summed E-state index contributed by atoms with van der Waals surface area (Å²) in [5.74, 6) is -1.25. The van der Waals surface area contributed by atoms with Gasteiger partial charge < -0.3 is 9.84 Å². The van der Waals surface area contributed by atoms with E-state index in [1.807, 2.05) is 30.3 Å². The predicted molar refractivity (Wildman–Crippen MR) is 68.4 cm³/mol. The Labute approximate surface area is 111 Å². The summed E-state index contributed by atoms with van der Waals surface area (Å²) in [6, 6.07) is 8.45. The molecule has 1 fully saturated rings. The molecule has 2 rings (SSSR count). The Morgan fingerprint density at radius 3 is 2.47 bits per heavy atom. The van der Waals surface area contributed by atoms with Crippen molar-refractivity contribution in [2.75, 3.05) is 7.11 Å². The number of esters is 1. The topological polar surface area (TPSA) is 66.8 Å². The summed E-state index contributed by atoms with van der Waals surface area (Å²) in [6.45, 7) is 0.442. The van der Waals surface area contributed by atoms with E-state index in [2.05, 4.69) is 0 Å². The van der Waals surface area contributed by atoms with Gasteiger partial charge in [-0.1, -0.05) is 30.3 Å². The molecule has 5 heteroatoms. The van der Waals surface area contributed by atoms with Crippen LogP contribution in [-0.2, 0) is 20.9 Å². The maximum Gasteiger partial charge on any atom is 0.323 e. The zero-order chi connectivity index (χ0) is 13.8. The zero-order valence-electron chi connectivity index (χ0n) is 10.8. The van der Waals surface area contributed by atoms with Gasteiger partial charge >= 0.3 is 11.9 Å². The van der Waals surface area contributed by atoms with Crippen molar-refractivity contribution in [1.82, 2.24) is 4.90 Å². The third kappa shape index (κ3) is 2.93. The molecule has 1 saturated heterocycles. The van der Waals surface area contributed by atoms with Crippen LogP contribution in [0.5, 0.6) is 0 Å². The molecule has 1 heterocycles. The van der Waals surface area contributed by atoms with Crippen LogP contribution >= 0.6 is 0 Å². The van der Waals surface area contributed by atoms with Crippen molar-refractivity contribution in [1.29, 1.82) is 0 Å². The summed E-state index contributed by atoms with van der Waals surface area (Å²) in [7, 11) is 1.33. The van der Waals surface area contributed by atoms with Gasteiger partial charge in [-0.15, -0.1) is 0 Å². The van der Waals surface area contributed by atoms with Gasteiger partial charge in [0.15, 0.2) is 0 Å². The van der Waals surface area contributed by atoms with Gasteiger partial charge in [0.25, 0.3) is 0 Å². The molecule has 0 amide bonds. The third-order valence-corrected chi connectivity index (χ3v) is 3.48. The standard InChI is InChI=1S/C14H17NO4/c1-19-14(18)12-8-7-11(13(16)17)15(12)9-10-5-3-2-4-6-10/h2-6,11-12H,7-9H2,1H3,(H,16,17)/t11-,12+/m0/s1. The number of carbonyl (C=O) groups excluding carboxylic acids is 1. The minimum Gasteiger partial charge on any atom is -0.480 e. The van der Waals surface area contributed by atoms with Crippen LogP contribution in [0.2, 0.25) is 0 Å². The van der Waals surface area contributed by atoms with Crippen molar-refractivity contribution < 1.29 is 19.4 Å². The second-order valence-corrected chi connectivity index (χ2v) is 4.63. The van der Waals surface area contributed by atoms with Crippen LogP contribution in [0.25, 0.3) is 0 Å². The Morgan fingerprint density at radius 1 is 1.26 bits per heavy atom. The monoisotopic (exact) mass is 263 g/mol. The normalized spacial score (nSPS) is 23.2. The molecule has 0 bridgehead atoms. The lowest BCUT2D eigenvalue weighted by molar-refractivity contribution is -0.149. The number of ether oxygens (including phenoxy) is 1. The number of methoxy groups -OCH3 is 1. The van der Waals surface area contributed by atoms with Gasteiger partial charge in [-0.2, -0.15) is 0 Å². The first-order valence-corrected chi connectivity index (χ1v) is 6.23. The molecule has 19 heavy (non-hydrogen) atoms. The highest BCUT2D eigenvalue weighted by Crippen LogP contribution is 2.27. The largest absolute Gasteiger partial charge is 0.480 e. The fourth-order valence-corrected chi connectivity index (χ4v) is 2.53. The SMILES string of the molecule is COC(=O)[C@H]1CC[C@@H](C(=O)O)N1Cc1ccccc1. The van der Waals surface area contributed by atoms with Gasteiger partial charge in [-0.3, -0.25) is 14.5 Å². The summed E-state index contributed by atoms with van der Waals surface area (Å²) >= 11 is 0. The number of hydrogen-bond donors (Lipinski definition) is 1. The minimum absolute atomic E-state index is 0.361. The molecule has 1 aromatic carbocycles. The molecule has 0 aliphatic carbocycles. The molecule has 0 radical (unpaired) electrons. The van der Waals surface area contributed by atoms with Gasteiger partial charge in [0.1, 0.15) is 12.1 Å². The van der Waals surface area contributed by atoms with Crippen molar-refractivity contribution in [2.45, 2.75) is 31.5 Å². The number of aliphatic carboxylic acids is 1. The van der Waals surface area contributed by atoms with Crippen LogP contribution in [0, 0.1) is 0 Å². The third-order valence-electron chi connectivity index (χ3n) is 3.48. The van der Waals surface area contributed by atoms with Crippen LogP contribution in [0.1, 0.15) is 18.4 Å². The number of carboxylic acid groups (broad SMARTS) is 1. The molecule has 1 aliphatic heterocycles. The number of benzene rings is 1. The number of rotatable bonds is 4. The summed E-state index contributed by atoms with van der Waals surface area (Å²) in [4.78, 5) is 24.7. The van der Waals surface area contributed by atoms with E-state index in [1.54, 1.807) is 4.90 Å². The molecule has 1 aromatic rings. The molecule has 5 nitrogen and oxygen atoms in total. The number of nitrogens with zero attached hydrogens (tertiary/aromatic N) is 1. The lowest BCUT2D eigenvalue weighted by atomic mass is 10.2. The summed E-state index contributed by atoms with van der Waals surface area (Å²) < 4.78 is 4.76. The van der Waals surface area contributed by atoms with Crippen LogP contribution in [0.15, 0.2) is 30.3 Å². The Hall–Kier alpha value is -1.88. The fourth-order valence-electron chi connectivity index (χ4n) is 2.53. The molecule has 0 saturated carbocycles. The molecule has 1 aliphatic rings. The van der Waals surface area contributed by atoms with E-state index < -0.39 is 18.1 Å². The lowest BCUT2D eigenvalue weighted by Gasteiger charge is -2.26. The van der Waals surface area contributed by atoms with Crippen molar-refractivity contribution in [3.8, 4) is 0 Å². The predicted octanol–water partition coefficient (Wildman–Crippen LogP) is 1.28. The van der Waals surface area contributed by atoms with Crippen LogP contribution in [0.3, 0.4) is 0 Å². The Balaban J connectivity index is 2.19. The zero-order valence-corrected chi connectivity index (χ0v) is 10.8. The highest BCUT2D eigenvalue weighted by Gasteiger charge is 2.41. The van der Waals surface area contributed by atoms with Crippen molar-refractivity contribution >= 4 is 11.9 Å². The van der Waals surface area contributed by atoms with E-state index in [4.69, 9.17) is 4.74 Å². The van der Waals surface area contributed by atoms with Crippen LogP contribution < -0.4 is 0 Å². The molecule has 2 atom stereocenters. The number of likely N-dealkylation sites (tertiary alicyclic amines) is 1. The molecular weight excluding hydrogens is 246 g/mol. The molecular formula is C14H17NO4. The second kappa shape index (κ2) is 5.84. The van der Waals surface area contributed by atoms with Crippen molar-refractivity contribution in [3.05, 3.63) is 35.9 Å². The van der Waals surface area contributed by atoms with E-state index in [1.165, 1.54) is 7.11 Å². The van der Waals surface area contributed by atoms with Crippen LogP contribution in [-0.4, -0.2) is 41.1 Å². The van der Waals surface area contributed by atoms with E-state index in [0.717, 1.165) is 5.56 Å².